The number of carbonyl (C=O) groups is 4. The minimum atomic E-state index is -1.16. The van der Waals surface area contributed by atoms with Crippen LogP contribution in [0.2, 0.25) is 0 Å². The van der Waals surface area contributed by atoms with Gasteiger partial charge < -0.3 is 19.2 Å². The Labute approximate surface area is 215 Å². The number of hydrogen-bond donors (Lipinski definition) is 2. The molecule has 1 saturated heterocycles. The van der Waals surface area contributed by atoms with E-state index in [1.54, 1.807) is 0 Å². The number of amides is 3. The maximum atomic E-state index is 12.9. The highest BCUT2D eigenvalue weighted by molar-refractivity contribution is 6.38. The number of unbranched alkanes of at least 4 members (excludes halogenated alkanes) is 1. The Hall–Kier alpha value is -3.96. The number of hydrogen-bond acceptors (Lipinski definition) is 9. The van der Waals surface area contributed by atoms with Gasteiger partial charge in [0.05, 0.1) is 6.54 Å². The van der Waals surface area contributed by atoms with Crippen molar-refractivity contribution in [3.63, 3.8) is 0 Å². The van der Waals surface area contributed by atoms with Crippen LogP contribution in [0, 0.1) is 12.3 Å². The highest BCUT2D eigenvalue weighted by atomic mass is 16.6. The Bertz CT molecular complexity index is 1120. The molecule has 0 spiro atoms. The van der Waals surface area contributed by atoms with Gasteiger partial charge in [-0.05, 0) is 25.5 Å². The standard InChI is InChI=1S/C25H33N5O7/c1-6-7-8-17(18(31)20(32)29-30-13-14-35-24(30)34)26-23(33)36-19(25(3,4)5)22-28-27-21(37-22)16-11-9-15(2)10-12-16/h9-12,17,19H,6-8,13-14H2,1-5H3,(H,26,33)(H,29,32)/t17-,19+/m0/s1. The highest BCUT2D eigenvalue weighted by Crippen LogP contribution is 2.36. The molecule has 200 valence electrons. The van der Waals surface area contributed by atoms with Crippen molar-refractivity contribution in [1.29, 1.82) is 0 Å². The minimum Gasteiger partial charge on any atom is -0.446 e. The van der Waals surface area contributed by atoms with Crippen molar-refractivity contribution in [2.24, 2.45) is 5.41 Å². The molecule has 0 unspecified atom stereocenters. The summed E-state index contributed by atoms with van der Waals surface area (Å²) in [6.45, 7) is 9.61. The van der Waals surface area contributed by atoms with Crippen LogP contribution in [0.4, 0.5) is 9.59 Å². The smallest absolute Gasteiger partial charge is 0.428 e. The number of alkyl carbamates (subject to hydrolysis) is 1. The summed E-state index contributed by atoms with van der Waals surface area (Å²) in [5.74, 6) is -1.56. The van der Waals surface area contributed by atoms with Crippen LogP contribution in [0.3, 0.4) is 0 Å². The van der Waals surface area contributed by atoms with Crippen LogP contribution in [0.1, 0.15) is 64.5 Å². The van der Waals surface area contributed by atoms with Gasteiger partial charge in [0.1, 0.15) is 12.6 Å². The summed E-state index contributed by atoms with van der Waals surface area (Å²) >= 11 is 0. The first-order chi connectivity index (χ1) is 17.5. The van der Waals surface area contributed by atoms with Crippen molar-refractivity contribution in [1.82, 2.24) is 25.9 Å². The first kappa shape index (κ1) is 27.6. The van der Waals surface area contributed by atoms with E-state index in [0.717, 1.165) is 22.6 Å². The van der Waals surface area contributed by atoms with Crippen LogP contribution in [-0.2, 0) is 19.1 Å². The molecule has 0 radical (unpaired) electrons. The molecule has 1 aromatic carbocycles. The number of benzene rings is 1. The van der Waals surface area contributed by atoms with Crippen LogP contribution in [0.15, 0.2) is 28.7 Å². The monoisotopic (exact) mass is 515 g/mol. The number of nitrogens with one attached hydrogen (secondary N) is 2. The Balaban J connectivity index is 1.71. The second kappa shape index (κ2) is 11.8. The van der Waals surface area contributed by atoms with Crippen molar-refractivity contribution < 1.29 is 33.1 Å². The summed E-state index contributed by atoms with van der Waals surface area (Å²) in [5.41, 5.74) is 3.38. The number of Topliss-reactive ketones (excluding diaryl/α,β-unsaturated/α-hetero) is 1. The van der Waals surface area contributed by atoms with Crippen molar-refractivity contribution in [2.45, 2.75) is 66.0 Å². The van der Waals surface area contributed by atoms with Gasteiger partial charge in [0.15, 0.2) is 6.10 Å². The van der Waals surface area contributed by atoms with Crippen molar-refractivity contribution in [3.8, 4) is 11.5 Å². The Kier molecular flexibility index (Phi) is 8.85. The molecule has 1 aromatic heterocycles. The third-order valence-corrected chi connectivity index (χ3v) is 5.65. The molecule has 0 saturated carbocycles. The van der Waals surface area contributed by atoms with Gasteiger partial charge >= 0.3 is 18.1 Å². The number of nitrogens with zero attached hydrogens (tertiary/aromatic N) is 3. The van der Waals surface area contributed by atoms with Crippen molar-refractivity contribution in [2.75, 3.05) is 13.2 Å². The van der Waals surface area contributed by atoms with Gasteiger partial charge in [0.2, 0.25) is 11.7 Å². The third-order valence-electron chi connectivity index (χ3n) is 5.65. The largest absolute Gasteiger partial charge is 0.446 e. The predicted molar refractivity (Wildman–Crippen MR) is 131 cm³/mol. The van der Waals surface area contributed by atoms with Gasteiger partial charge in [0, 0.05) is 11.0 Å². The first-order valence-corrected chi connectivity index (χ1v) is 12.2. The van der Waals surface area contributed by atoms with Gasteiger partial charge in [-0.1, -0.05) is 58.2 Å². The number of ketones is 1. The van der Waals surface area contributed by atoms with E-state index in [4.69, 9.17) is 13.9 Å². The molecule has 3 amide bonds. The zero-order chi connectivity index (χ0) is 27.2. The highest BCUT2D eigenvalue weighted by Gasteiger charge is 2.37. The fraction of sp³-hybridized carbons (Fsp3) is 0.520. The molecule has 1 aliphatic rings. The average molecular weight is 516 g/mol. The number of ether oxygens (including phenoxy) is 2. The average Bonchev–Trinajstić information content (AvgIpc) is 3.48. The molecule has 37 heavy (non-hydrogen) atoms. The molecular weight excluding hydrogens is 482 g/mol. The molecule has 2 aromatic rings. The quantitative estimate of drug-likeness (QED) is 0.453. The molecule has 0 bridgehead atoms. The van der Waals surface area contributed by atoms with Gasteiger partial charge in [0.25, 0.3) is 5.89 Å². The Morgan fingerprint density at radius 1 is 1.16 bits per heavy atom. The van der Waals surface area contributed by atoms with Crippen LogP contribution in [0.5, 0.6) is 0 Å². The van der Waals surface area contributed by atoms with E-state index in [2.05, 4.69) is 20.9 Å². The molecule has 2 atom stereocenters. The first-order valence-electron chi connectivity index (χ1n) is 12.2. The molecule has 2 N–H and O–H groups in total. The van der Waals surface area contributed by atoms with Gasteiger partial charge in [-0.15, -0.1) is 10.2 Å². The lowest BCUT2D eigenvalue weighted by Crippen LogP contribution is -2.52. The number of rotatable bonds is 10. The molecule has 12 heteroatoms. The van der Waals surface area contributed by atoms with E-state index < -0.39 is 41.4 Å². The topological polar surface area (TPSA) is 153 Å². The Morgan fingerprint density at radius 2 is 1.86 bits per heavy atom. The molecule has 3 rings (SSSR count). The van der Waals surface area contributed by atoms with Crippen LogP contribution < -0.4 is 10.7 Å². The predicted octanol–water partition coefficient (Wildman–Crippen LogP) is 3.47. The lowest BCUT2D eigenvalue weighted by atomic mass is 9.89. The summed E-state index contributed by atoms with van der Waals surface area (Å²) < 4.78 is 16.2. The van der Waals surface area contributed by atoms with Gasteiger partial charge in [-0.25, -0.2) is 14.6 Å². The van der Waals surface area contributed by atoms with Crippen LogP contribution in [0.25, 0.3) is 11.5 Å². The zero-order valence-electron chi connectivity index (χ0n) is 21.7. The Morgan fingerprint density at radius 3 is 2.46 bits per heavy atom. The van der Waals surface area contributed by atoms with Crippen molar-refractivity contribution in [3.05, 3.63) is 35.7 Å². The number of carbonyl (C=O) groups excluding carboxylic acids is 4. The minimum absolute atomic E-state index is 0.0972. The molecule has 2 heterocycles. The molecule has 1 aliphatic heterocycles. The lowest BCUT2D eigenvalue weighted by Gasteiger charge is -2.28. The molecule has 1 fully saturated rings. The molecule has 0 aliphatic carbocycles. The summed E-state index contributed by atoms with van der Waals surface area (Å²) in [6, 6.07) is 6.38. The second-order valence-corrected chi connectivity index (χ2v) is 9.87. The van der Waals surface area contributed by atoms with Gasteiger partial charge in [-0.3, -0.25) is 15.0 Å². The maximum Gasteiger partial charge on any atom is 0.428 e. The SMILES string of the molecule is CCCC[C@H](NC(=O)O[C@H](c1nnc(-c2ccc(C)cc2)o1)C(C)(C)C)C(=O)C(=O)NN1CCOC1=O. The summed E-state index contributed by atoms with van der Waals surface area (Å²) in [6.07, 6.45) is -1.10. The summed E-state index contributed by atoms with van der Waals surface area (Å²) in [4.78, 5) is 49.7. The van der Waals surface area contributed by atoms with E-state index >= 15 is 0 Å². The van der Waals surface area contributed by atoms with E-state index in [1.165, 1.54) is 0 Å². The lowest BCUT2D eigenvalue weighted by molar-refractivity contribution is -0.141. The van der Waals surface area contributed by atoms with E-state index in [-0.39, 0.29) is 31.4 Å². The zero-order valence-corrected chi connectivity index (χ0v) is 21.7. The van der Waals surface area contributed by atoms with Crippen LogP contribution in [-0.4, -0.2) is 58.3 Å². The summed E-state index contributed by atoms with van der Waals surface area (Å²) in [7, 11) is 0. The van der Waals surface area contributed by atoms with E-state index in [0.29, 0.717) is 6.42 Å². The van der Waals surface area contributed by atoms with E-state index in [9.17, 15) is 19.2 Å². The van der Waals surface area contributed by atoms with Gasteiger partial charge in [-0.2, -0.15) is 0 Å². The normalized spacial score (nSPS) is 15.1. The third kappa shape index (κ3) is 7.28. The molecule has 12 nitrogen and oxygen atoms in total. The number of aromatic nitrogens is 2. The molecular formula is C25H33N5O7. The van der Waals surface area contributed by atoms with Crippen molar-refractivity contribution >= 4 is 23.9 Å². The van der Waals surface area contributed by atoms with Crippen LogP contribution >= 0.6 is 0 Å². The fourth-order valence-electron chi connectivity index (χ4n) is 3.54. The second-order valence-electron chi connectivity index (χ2n) is 9.87. The maximum absolute atomic E-state index is 12.9. The fourth-order valence-corrected chi connectivity index (χ4v) is 3.54. The number of cyclic esters (lactones) is 1. The van der Waals surface area contributed by atoms with E-state index in [1.807, 2.05) is 58.9 Å². The number of aryl methyl sites for hydroxylation is 1. The number of hydrazine groups is 1. The summed E-state index contributed by atoms with van der Waals surface area (Å²) in [5, 5.41) is 11.6.